The fourth-order valence-corrected chi connectivity index (χ4v) is 3.20. The topological polar surface area (TPSA) is 102 Å². The van der Waals surface area contributed by atoms with Crippen molar-refractivity contribution in [2.45, 2.75) is 57.7 Å². The number of ketones is 1. The molecular formula is C21H28N2O6. The van der Waals surface area contributed by atoms with Crippen molar-refractivity contribution in [1.29, 1.82) is 0 Å². The monoisotopic (exact) mass is 404 g/mol. The number of esters is 1. The summed E-state index contributed by atoms with van der Waals surface area (Å²) in [6.45, 7) is 2.27. The zero-order valence-corrected chi connectivity index (χ0v) is 16.9. The molecule has 2 atom stereocenters. The average molecular weight is 404 g/mol. The van der Waals surface area contributed by atoms with Gasteiger partial charge in [0.1, 0.15) is 24.5 Å². The lowest BCUT2D eigenvalue weighted by Gasteiger charge is -2.25. The van der Waals surface area contributed by atoms with Crippen molar-refractivity contribution in [3.05, 3.63) is 35.9 Å². The number of carbonyl (C=O) groups excluding carboxylic acids is 4. The van der Waals surface area contributed by atoms with E-state index in [-0.39, 0.29) is 25.2 Å². The first-order valence-electron chi connectivity index (χ1n) is 9.83. The van der Waals surface area contributed by atoms with Gasteiger partial charge >= 0.3 is 12.1 Å². The molecule has 0 unspecified atom stereocenters. The van der Waals surface area contributed by atoms with Gasteiger partial charge in [0.2, 0.25) is 5.91 Å². The van der Waals surface area contributed by atoms with Gasteiger partial charge in [-0.25, -0.2) is 9.59 Å². The number of nitrogens with zero attached hydrogens (tertiary/aromatic N) is 1. The first-order valence-corrected chi connectivity index (χ1v) is 9.83. The van der Waals surface area contributed by atoms with Gasteiger partial charge in [-0.3, -0.25) is 14.5 Å². The number of hydrogen-bond donors (Lipinski definition) is 1. The predicted octanol–water partition coefficient (Wildman–Crippen LogP) is 2.20. The molecule has 29 heavy (non-hydrogen) atoms. The van der Waals surface area contributed by atoms with E-state index in [1.807, 2.05) is 30.3 Å². The molecule has 1 fully saturated rings. The zero-order chi connectivity index (χ0) is 21.2. The van der Waals surface area contributed by atoms with E-state index in [0.717, 1.165) is 5.56 Å². The second-order valence-electron chi connectivity index (χ2n) is 6.91. The SMILES string of the molecule is CCC(=O)CC[C@@H](NC(=O)[C@H]1CCCN1C(=O)OCc1ccccc1)C(=O)OC. The van der Waals surface area contributed by atoms with Gasteiger partial charge in [-0.15, -0.1) is 0 Å². The summed E-state index contributed by atoms with van der Waals surface area (Å²) < 4.78 is 10.1. The van der Waals surface area contributed by atoms with E-state index in [1.165, 1.54) is 12.0 Å². The number of Topliss-reactive ketones (excluding diaryl/α,β-unsaturated/α-hetero) is 1. The minimum absolute atomic E-state index is 0.000125. The molecule has 1 aromatic carbocycles. The highest BCUT2D eigenvalue weighted by Crippen LogP contribution is 2.19. The van der Waals surface area contributed by atoms with Crippen molar-refractivity contribution in [2.75, 3.05) is 13.7 Å². The largest absolute Gasteiger partial charge is 0.467 e. The third-order valence-electron chi connectivity index (χ3n) is 4.90. The molecular weight excluding hydrogens is 376 g/mol. The number of rotatable bonds is 9. The van der Waals surface area contributed by atoms with Crippen molar-refractivity contribution in [3.8, 4) is 0 Å². The van der Waals surface area contributed by atoms with Gasteiger partial charge < -0.3 is 14.8 Å². The van der Waals surface area contributed by atoms with Crippen molar-refractivity contribution in [2.24, 2.45) is 0 Å². The van der Waals surface area contributed by atoms with Crippen molar-refractivity contribution < 1.29 is 28.7 Å². The lowest BCUT2D eigenvalue weighted by molar-refractivity contribution is -0.145. The molecule has 1 N–H and O–H groups in total. The molecule has 2 rings (SSSR count). The summed E-state index contributed by atoms with van der Waals surface area (Å²) in [6.07, 6.45) is 1.28. The molecule has 0 radical (unpaired) electrons. The minimum Gasteiger partial charge on any atom is -0.467 e. The molecule has 1 aromatic rings. The summed E-state index contributed by atoms with van der Waals surface area (Å²) >= 11 is 0. The maximum absolute atomic E-state index is 12.7. The molecule has 1 aliphatic heterocycles. The Morgan fingerprint density at radius 2 is 1.93 bits per heavy atom. The van der Waals surface area contributed by atoms with Crippen LogP contribution in [0.25, 0.3) is 0 Å². The number of carbonyl (C=O) groups is 4. The van der Waals surface area contributed by atoms with Crippen molar-refractivity contribution >= 4 is 23.8 Å². The van der Waals surface area contributed by atoms with Crippen molar-refractivity contribution in [1.82, 2.24) is 10.2 Å². The molecule has 1 heterocycles. The maximum Gasteiger partial charge on any atom is 0.410 e. The van der Waals surface area contributed by atoms with Crippen LogP contribution < -0.4 is 5.32 Å². The van der Waals surface area contributed by atoms with Crippen LogP contribution in [0.2, 0.25) is 0 Å². The first-order chi connectivity index (χ1) is 14.0. The number of hydrogen-bond acceptors (Lipinski definition) is 6. The van der Waals surface area contributed by atoms with E-state index in [9.17, 15) is 19.2 Å². The van der Waals surface area contributed by atoms with Crippen LogP contribution in [0.15, 0.2) is 30.3 Å². The summed E-state index contributed by atoms with van der Waals surface area (Å²) in [6, 6.07) is 7.63. The Morgan fingerprint density at radius 3 is 2.59 bits per heavy atom. The lowest BCUT2D eigenvalue weighted by Crippen LogP contribution is -2.51. The van der Waals surface area contributed by atoms with E-state index in [2.05, 4.69) is 5.32 Å². The summed E-state index contributed by atoms with van der Waals surface area (Å²) in [5.74, 6) is -1.06. The highest BCUT2D eigenvalue weighted by atomic mass is 16.6. The third-order valence-corrected chi connectivity index (χ3v) is 4.90. The van der Waals surface area contributed by atoms with Crippen LogP contribution in [0.4, 0.5) is 4.79 Å². The second-order valence-corrected chi connectivity index (χ2v) is 6.91. The zero-order valence-electron chi connectivity index (χ0n) is 16.9. The van der Waals surface area contributed by atoms with E-state index in [0.29, 0.717) is 25.8 Å². The van der Waals surface area contributed by atoms with E-state index in [1.54, 1.807) is 6.92 Å². The van der Waals surface area contributed by atoms with Crippen molar-refractivity contribution in [3.63, 3.8) is 0 Å². The molecule has 8 nitrogen and oxygen atoms in total. The number of methoxy groups -OCH3 is 1. The van der Waals surface area contributed by atoms with E-state index >= 15 is 0 Å². The predicted molar refractivity (Wildman–Crippen MR) is 105 cm³/mol. The van der Waals surface area contributed by atoms with Crippen LogP contribution in [0.5, 0.6) is 0 Å². The van der Waals surface area contributed by atoms with Gasteiger partial charge in [-0.1, -0.05) is 37.3 Å². The Labute approximate surface area is 170 Å². The fourth-order valence-electron chi connectivity index (χ4n) is 3.20. The van der Waals surface area contributed by atoms with Gasteiger partial charge in [-0.05, 0) is 24.8 Å². The van der Waals surface area contributed by atoms with Crippen LogP contribution in [0.1, 0.15) is 44.6 Å². The molecule has 2 amide bonds. The van der Waals surface area contributed by atoms with Gasteiger partial charge in [0, 0.05) is 19.4 Å². The highest BCUT2D eigenvalue weighted by Gasteiger charge is 2.37. The molecule has 1 aliphatic rings. The van der Waals surface area contributed by atoms with Crippen LogP contribution in [0, 0.1) is 0 Å². The van der Waals surface area contributed by atoms with Gasteiger partial charge in [-0.2, -0.15) is 0 Å². The molecule has 158 valence electrons. The molecule has 0 aliphatic carbocycles. The second kappa shape index (κ2) is 11.2. The Balaban J connectivity index is 1.95. The Hall–Kier alpha value is -2.90. The number of nitrogens with one attached hydrogen (secondary N) is 1. The lowest BCUT2D eigenvalue weighted by atomic mass is 10.1. The summed E-state index contributed by atoms with van der Waals surface area (Å²) in [5.41, 5.74) is 0.854. The summed E-state index contributed by atoms with van der Waals surface area (Å²) in [7, 11) is 1.23. The smallest absolute Gasteiger partial charge is 0.410 e. The molecule has 0 aromatic heterocycles. The maximum atomic E-state index is 12.7. The minimum atomic E-state index is -0.925. The summed E-state index contributed by atoms with van der Waals surface area (Å²) in [4.78, 5) is 50.1. The van der Waals surface area contributed by atoms with Crippen LogP contribution in [-0.2, 0) is 30.5 Å². The molecule has 0 bridgehead atoms. The Bertz CT molecular complexity index is 721. The summed E-state index contributed by atoms with van der Waals surface area (Å²) in [5, 5.41) is 2.63. The molecule has 0 saturated carbocycles. The molecule has 8 heteroatoms. The standard InChI is InChI=1S/C21H28N2O6/c1-3-16(24)11-12-17(20(26)28-2)22-19(25)18-10-7-13-23(18)21(27)29-14-15-8-5-4-6-9-15/h4-6,8-9,17-18H,3,7,10-14H2,1-2H3,(H,22,25)/t17-,18-/m1/s1. The van der Waals surface area contributed by atoms with Crippen LogP contribution >= 0.6 is 0 Å². The number of likely N-dealkylation sites (tertiary alicyclic amines) is 1. The highest BCUT2D eigenvalue weighted by molar-refractivity contribution is 5.90. The first kappa shape index (κ1) is 22.4. The average Bonchev–Trinajstić information content (AvgIpc) is 3.24. The fraction of sp³-hybridized carbons (Fsp3) is 0.524. The van der Waals surface area contributed by atoms with E-state index < -0.39 is 30.1 Å². The Kier molecular flexibility index (Phi) is 8.64. The number of ether oxygens (including phenoxy) is 2. The Morgan fingerprint density at radius 1 is 1.21 bits per heavy atom. The van der Waals surface area contributed by atoms with Gasteiger partial charge in [0.05, 0.1) is 7.11 Å². The quantitative estimate of drug-likeness (QED) is 0.633. The number of benzene rings is 1. The molecule has 0 spiro atoms. The molecule has 1 saturated heterocycles. The van der Waals surface area contributed by atoms with Crippen LogP contribution in [0.3, 0.4) is 0 Å². The third kappa shape index (κ3) is 6.58. The number of amides is 2. The van der Waals surface area contributed by atoms with Crippen LogP contribution in [-0.4, -0.2) is 54.4 Å². The van der Waals surface area contributed by atoms with E-state index in [4.69, 9.17) is 9.47 Å². The van der Waals surface area contributed by atoms with Gasteiger partial charge in [0.25, 0.3) is 0 Å². The normalized spacial score (nSPS) is 16.8. The van der Waals surface area contributed by atoms with Gasteiger partial charge in [0.15, 0.2) is 0 Å².